The molecule has 0 saturated carbocycles. The van der Waals surface area contributed by atoms with Crippen LogP contribution in [0.1, 0.15) is 45.4 Å². The van der Waals surface area contributed by atoms with E-state index in [1.54, 1.807) is 0 Å². The van der Waals surface area contributed by atoms with Crippen molar-refractivity contribution in [1.82, 2.24) is 0 Å². The highest BCUT2D eigenvalue weighted by molar-refractivity contribution is 4.62. The molecule has 0 aromatic heterocycles. The van der Waals surface area contributed by atoms with E-state index in [1.165, 1.54) is 32.1 Å². The number of unbranched alkanes of at least 4 members (excludes halogenated alkanes) is 6. The Morgan fingerprint density at radius 1 is 1.10 bits per heavy atom. The van der Waals surface area contributed by atoms with Crippen molar-refractivity contribution in [2.75, 3.05) is 6.61 Å². The minimum atomic E-state index is 0.313. The molecule has 0 aromatic carbocycles. The van der Waals surface area contributed by atoms with Crippen LogP contribution < -0.4 is 0 Å². The molecule has 0 atom stereocenters. The summed E-state index contributed by atoms with van der Waals surface area (Å²) in [5.41, 5.74) is 0. The van der Waals surface area contributed by atoms with Crippen LogP contribution in [0.3, 0.4) is 0 Å². The third kappa shape index (κ3) is 7.96. The van der Waals surface area contributed by atoms with Gasteiger partial charge in [-0.1, -0.05) is 39.0 Å². The van der Waals surface area contributed by atoms with Crippen molar-refractivity contribution in [2.24, 2.45) is 0 Å². The molecule has 0 aliphatic rings. The molecule has 0 heterocycles. The number of rotatable bonds is 7. The van der Waals surface area contributed by atoms with E-state index < -0.39 is 0 Å². The van der Waals surface area contributed by atoms with Crippen molar-refractivity contribution in [3.63, 3.8) is 0 Å². The average Bonchev–Trinajstić information content (AvgIpc) is 1.97. The van der Waals surface area contributed by atoms with Gasteiger partial charge in [0.25, 0.3) is 0 Å². The van der Waals surface area contributed by atoms with Gasteiger partial charge in [0.15, 0.2) is 0 Å². The third-order valence-corrected chi connectivity index (χ3v) is 1.60. The van der Waals surface area contributed by atoms with E-state index in [2.05, 4.69) is 13.3 Å². The summed E-state index contributed by atoms with van der Waals surface area (Å²) in [6.07, 6.45) is 9.53. The Hall–Kier alpha value is -0.0400. The third-order valence-electron chi connectivity index (χ3n) is 1.60. The van der Waals surface area contributed by atoms with Gasteiger partial charge in [0, 0.05) is 6.61 Å². The van der Waals surface area contributed by atoms with Crippen LogP contribution in [0, 0.1) is 6.42 Å². The van der Waals surface area contributed by atoms with Crippen molar-refractivity contribution < 1.29 is 5.11 Å². The maximum Gasteiger partial charge on any atom is 0.0433 e. The minimum absolute atomic E-state index is 0.313. The van der Waals surface area contributed by atoms with Crippen molar-refractivity contribution in [2.45, 2.75) is 45.4 Å². The van der Waals surface area contributed by atoms with E-state index in [1.807, 2.05) is 0 Å². The van der Waals surface area contributed by atoms with Crippen molar-refractivity contribution >= 4 is 0 Å². The van der Waals surface area contributed by atoms with Crippen LogP contribution >= 0.6 is 0 Å². The largest absolute Gasteiger partial charge is 0.396 e. The molecule has 0 aliphatic heterocycles. The standard InChI is InChI=1S/C9H19O/c1-2-3-4-5-6-7-8-9-10/h7,10H,2-6,8-9H2,1H3. The van der Waals surface area contributed by atoms with Crippen LogP contribution in [-0.2, 0) is 0 Å². The predicted molar refractivity (Wildman–Crippen MR) is 44.8 cm³/mol. The van der Waals surface area contributed by atoms with Gasteiger partial charge in [0.2, 0.25) is 0 Å². The quantitative estimate of drug-likeness (QED) is 0.543. The summed E-state index contributed by atoms with van der Waals surface area (Å²) in [6.45, 7) is 2.53. The van der Waals surface area contributed by atoms with Gasteiger partial charge in [-0.25, -0.2) is 0 Å². The van der Waals surface area contributed by atoms with E-state index in [4.69, 9.17) is 5.11 Å². The Kier molecular flexibility index (Phi) is 8.92. The first-order chi connectivity index (χ1) is 4.91. The highest BCUT2D eigenvalue weighted by Crippen LogP contribution is 2.05. The van der Waals surface area contributed by atoms with Crippen LogP contribution in [0.25, 0.3) is 0 Å². The first-order valence-corrected chi connectivity index (χ1v) is 4.34. The van der Waals surface area contributed by atoms with Gasteiger partial charge in [-0.3, -0.25) is 0 Å². The first-order valence-electron chi connectivity index (χ1n) is 4.34. The van der Waals surface area contributed by atoms with Gasteiger partial charge in [-0.15, -0.1) is 0 Å². The number of hydrogen-bond acceptors (Lipinski definition) is 1. The maximum atomic E-state index is 8.44. The summed E-state index contributed by atoms with van der Waals surface area (Å²) in [5, 5.41) is 8.44. The zero-order chi connectivity index (χ0) is 7.66. The molecule has 0 aromatic rings. The van der Waals surface area contributed by atoms with E-state index in [9.17, 15) is 0 Å². The lowest BCUT2D eigenvalue weighted by atomic mass is 10.1. The van der Waals surface area contributed by atoms with Crippen LogP contribution in [0.5, 0.6) is 0 Å². The zero-order valence-electron chi connectivity index (χ0n) is 6.97. The Labute approximate surface area is 64.5 Å². The summed E-state index contributed by atoms with van der Waals surface area (Å²) in [4.78, 5) is 0. The van der Waals surface area contributed by atoms with Crippen molar-refractivity contribution in [1.29, 1.82) is 0 Å². The Balaban J connectivity index is 2.65. The highest BCUT2D eigenvalue weighted by atomic mass is 16.2. The van der Waals surface area contributed by atoms with E-state index in [0.717, 1.165) is 6.42 Å². The molecule has 1 heteroatoms. The number of hydrogen-bond donors (Lipinski definition) is 1. The summed E-state index contributed by atoms with van der Waals surface area (Å²) < 4.78 is 0. The SMILES string of the molecule is CCCCCC[CH]CCO. The Bertz CT molecular complexity index is 44.7. The monoisotopic (exact) mass is 143 g/mol. The van der Waals surface area contributed by atoms with Crippen molar-refractivity contribution in [3.05, 3.63) is 6.42 Å². The average molecular weight is 143 g/mol. The molecule has 0 bridgehead atoms. The smallest absolute Gasteiger partial charge is 0.0433 e. The molecule has 0 rings (SSSR count). The zero-order valence-corrected chi connectivity index (χ0v) is 6.97. The van der Waals surface area contributed by atoms with Gasteiger partial charge in [-0.2, -0.15) is 0 Å². The fourth-order valence-corrected chi connectivity index (χ4v) is 0.951. The summed E-state index contributed by atoms with van der Waals surface area (Å²) >= 11 is 0. The van der Waals surface area contributed by atoms with Crippen molar-refractivity contribution in [3.8, 4) is 0 Å². The van der Waals surface area contributed by atoms with E-state index >= 15 is 0 Å². The highest BCUT2D eigenvalue weighted by Gasteiger charge is 1.88. The van der Waals surface area contributed by atoms with Gasteiger partial charge < -0.3 is 5.11 Å². The normalized spacial score (nSPS) is 10.2. The second kappa shape index (κ2) is 8.96. The number of aliphatic hydroxyl groups excluding tert-OH is 1. The van der Waals surface area contributed by atoms with Crippen LogP contribution in [0.15, 0.2) is 0 Å². The summed E-state index contributed by atoms with van der Waals surface area (Å²) in [7, 11) is 0. The topological polar surface area (TPSA) is 20.2 Å². The molecule has 0 aliphatic carbocycles. The number of aliphatic hydroxyl groups is 1. The molecule has 1 N–H and O–H groups in total. The van der Waals surface area contributed by atoms with Crippen LogP contribution in [0.4, 0.5) is 0 Å². The molecule has 1 nitrogen and oxygen atoms in total. The van der Waals surface area contributed by atoms with Gasteiger partial charge in [0.1, 0.15) is 0 Å². The molecule has 0 saturated heterocycles. The fourth-order valence-electron chi connectivity index (χ4n) is 0.951. The fraction of sp³-hybridized carbons (Fsp3) is 0.889. The Morgan fingerprint density at radius 2 is 1.90 bits per heavy atom. The molecule has 0 amide bonds. The van der Waals surface area contributed by atoms with Gasteiger partial charge in [0.05, 0.1) is 0 Å². The van der Waals surface area contributed by atoms with Gasteiger partial charge in [-0.05, 0) is 12.8 Å². The minimum Gasteiger partial charge on any atom is -0.396 e. The lowest BCUT2D eigenvalue weighted by Crippen LogP contribution is -1.84. The molecule has 61 valence electrons. The summed E-state index contributed by atoms with van der Waals surface area (Å²) in [6, 6.07) is 0. The molecule has 0 unspecified atom stereocenters. The molecule has 1 radical (unpaired) electrons. The molecular weight excluding hydrogens is 124 g/mol. The second-order valence-electron chi connectivity index (χ2n) is 2.65. The van der Waals surface area contributed by atoms with E-state index in [0.29, 0.717) is 6.61 Å². The second-order valence-corrected chi connectivity index (χ2v) is 2.65. The van der Waals surface area contributed by atoms with Gasteiger partial charge >= 0.3 is 0 Å². The summed E-state index contributed by atoms with van der Waals surface area (Å²) in [5.74, 6) is 0. The molecule has 10 heavy (non-hydrogen) atoms. The molecular formula is C9H19O. The predicted octanol–water partition coefficient (Wildman–Crippen LogP) is 2.54. The molecule has 0 fully saturated rings. The Morgan fingerprint density at radius 3 is 2.50 bits per heavy atom. The lowest BCUT2D eigenvalue weighted by molar-refractivity contribution is 0.296. The lowest BCUT2D eigenvalue weighted by Gasteiger charge is -1.97. The van der Waals surface area contributed by atoms with E-state index in [-0.39, 0.29) is 0 Å². The van der Waals surface area contributed by atoms with Crippen LogP contribution in [0.2, 0.25) is 0 Å². The van der Waals surface area contributed by atoms with Crippen LogP contribution in [-0.4, -0.2) is 11.7 Å². The maximum absolute atomic E-state index is 8.44. The molecule has 0 spiro atoms. The first kappa shape index (κ1) is 9.96.